The lowest BCUT2D eigenvalue weighted by atomic mass is 10.3. The van der Waals surface area contributed by atoms with Gasteiger partial charge in [0.15, 0.2) is 0 Å². The summed E-state index contributed by atoms with van der Waals surface area (Å²) in [5, 5.41) is 0. The minimum Gasteiger partial charge on any atom is -0.497 e. The number of anilines is 1. The number of hydrogen-bond acceptors (Lipinski definition) is 5. The fourth-order valence-corrected chi connectivity index (χ4v) is 1.19. The van der Waals surface area contributed by atoms with Crippen molar-refractivity contribution >= 4 is 5.95 Å². The Morgan fingerprint density at radius 2 is 1.82 bits per heavy atom. The predicted molar refractivity (Wildman–Crippen MR) is 59.5 cm³/mol. The number of nitrogens with two attached hydrogens (primary N) is 1. The largest absolute Gasteiger partial charge is 0.497 e. The van der Waals surface area contributed by atoms with Crippen LogP contribution in [0.3, 0.4) is 0 Å². The van der Waals surface area contributed by atoms with Crippen LogP contribution >= 0.6 is 0 Å². The van der Waals surface area contributed by atoms with Crippen LogP contribution in [0.15, 0.2) is 30.5 Å². The molecule has 1 aromatic heterocycles. The van der Waals surface area contributed by atoms with Gasteiger partial charge in [-0.05, 0) is 24.3 Å². The molecule has 2 rings (SSSR count). The van der Waals surface area contributed by atoms with Crippen LogP contribution in [-0.2, 0) is 0 Å². The predicted octanol–water partition coefficient (Wildman–Crippen LogP) is 2.00. The van der Waals surface area contributed by atoms with Crippen molar-refractivity contribution < 1.29 is 13.9 Å². The summed E-state index contributed by atoms with van der Waals surface area (Å²) in [6.07, 6.45) is 0.960. The average Bonchev–Trinajstić information content (AvgIpc) is 2.35. The van der Waals surface area contributed by atoms with Crippen LogP contribution in [0.4, 0.5) is 10.3 Å². The zero-order valence-corrected chi connectivity index (χ0v) is 9.05. The highest BCUT2D eigenvalue weighted by molar-refractivity contribution is 5.34. The summed E-state index contributed by atoms with van der Waals surface area (Å²) in [5.41, 5.74) is 5.34. The summed E-state index contributed by atoms with van der Waals surface area (Å²) in [7, 11) is 1.56. The van der Waals surface area contributed by atoms with Gasteiger partial charge >= 0.3 is 0 Å². The Hall–Kier alpha value is -2.37. The average molecular weight is 235 g/mol. The molecule has 0 saturated heterocycles. The van der Waals surface area contributed by atoms with Gasteiger partial charge in [0, 0.05) is 0 Å². The molecule has 6 heteroatoms. The summed E-state index contributed by atoms with van der Waals surface area (Å²) < 4.78 is 23.5. The van der Waals surface area contributed by atoms with Crippen molar-refractivity contribution in [3.8, 4) is 17.4 Å². The van der Waals surface area contributed by atoms with Gasteiger partial charge in [0.1, 0.15) is 11.5 Å². The number of methoxy groups -OCH3 is 1. The Balaban J connectivity index is 2.22. The van der Waals surface area contributed by atoms with E-state index in [4.69, 9.17) is 15.2 Å². The first-order valence-corrected chi connectivity index (χ1v) is 4.79. The lowest BCUT2D eigenvalue weighted by Crippen LogP contribution is -1.99. The van der Waals surface area contributed by atoms with Gasteiger partial charge in [-0.15, -0.1) is 0 Å². The number of aromatic nitrogens is 2. The van der Waals surface area contributed by atoms with Crippen LogP contribution in [0.5, 0.6) is 17.4 Å². The second-order valence-electron chi connectivity index (χ2n) is 3.16. The van der Waals surface area contributed by atoms with Gasteiger partial charge in [0.2, 0.25) is 11.8 Å². The van der Waals surface area contributed by atoms with Gasteiger partial charge in [-0.1, -0.05) is 0 Å². The van der Waals surface area contributed by atoms with Crippen molar-refractivity contribution in [2.75, 3.05) is 12.8 Å². The molecule has 17 heavy (non-hydrogen) atoms. The second-order valence-corrected chi connectivity index (χ2v) is 3.16. The van der Waals surface area contributed by atoms with E-state index in [1.54, 1.807) is 31.4 Å². The SMILES string of the molecule is COc1ccc(Oc2nc(N)ncc2F)cc1. The number of halogens is 1. The van der Waals surface area contributed by atoms with Crippen molar-refractivity contribution in [2.45, 2.75) is 0 Å². The van der Waals surface area contributed by atoms with E-state index in [2.05, 4.69) is 9.97 Å². The van der Waals surface area contributed by atoms with Gasteiger partial charge in [0.25, 0.3) is 5.88 Å². The maximum absolute atomic E-state index is 13.3. The molecule has 0 unspecified atom stereocenters. The number of nitrogens with zero attached hydrogens (tertiary/aromatic N) is 2. The molecule has 0 atom stereocenters. The minimum absolute atomic E-state index is 0.0464. The van der Waals surface area contributed by atoms with E-state index in [-0.39, 0.29) is 11.8 Å². The first-order chi connectivity index (χ1) is 8.19. The Labute approximate surface area is 97.0 Å². The van der Waals surface area contributed by atoms with Gasteiger partial charge < -0.3 is 15.2 Å². The van der Waals surface area contributed by atoms with E-state index in [1.807, 2.05) is 0 Å². The van der Waals surface area contributed by atoms with Crippen LogP contribution in [0.1, 0.15) is 0 Å². The molecule has 5 nitrogen and oxygen atoms in total. The lowest BCUT2D eigenvalue weighted by Gasteiger charge is -2.06. The summed E-state index contributed by atoms with van der Waals surface area (Å²) >= 11 is 0. The van der Waals surface area contributed by atoms with Crippen LogP contribution in [0, 0.1) is 5.82 Å². The first-order valence-electron chi connectivity index (χ1n) is 4.79. The maximum atomic E-state index is 13.3. The normalized spacial score (nSPS) is 10.0. The van der Waals surface area contributed by atoms with Crippen LogP contribution < -0.4 is 15.2 Å². The molecule has 0 aliphatic heterocycles. The fourth-order valence-electron chi connectivity index (χ4n) is 1.19. The van der Waals surface area contributed by atoms with E-state index >= 15 is 0 Å². The summed E-state index contributed by atoms with van der Waals surface area (Å²) in [5.74, 6) is 0.190. The van der Waals surface area contributed by atoms with E-state index in [1.165, 1.54) is 0 Å². The monoisotopic (exact) mass is 235 g/mol. The van der Waals surface area contributed by atoms with E-state index in [9.17, 15) is 4.39 Å². The maximum Gasteiger partial charge on any atom is 0.260 e. The molecule has 88 valence electrons. The highest BCUT2D eigenvalue weighted by atomic mass is 19.1. The molecule has 0 bridgehead atoms. The van der Waals surface area contributed by atoms with Gasteiger partial charge in [-0.25, -0.2) is 4.98 Å². The molecular weight excluding hydrogens is 225 g/mol. The van der Waals surface area contributed by atoms with Crippen LogP contribution in [-0.4, -0.2) is 17.1 Å². The molecule has 0 aliphatic carbocycles. The standard InChI is InChI=1S/C11H10FN3O2/c1-16-7-2-4-8(5-3-7)17-10-9(12)6-14-11(13)15-10/h2-6H,1H3,(H2,13,14,15). The number of hydrogen-bond donors (Lipinski definition) is 1. The van der Waals surface area contributed by atoms with Gasteiger partial charge in [-0.3, -0.25) is 0 Å². The molecule has 0 saturated carbocycles. The smallest absolute Gasteiger partial charge is 0.260 e. The highest BCUT2D eigenvalue weighted by Gasteiger charge is 2.08. The highest BCUT2D eigenvalue weighted by Crippen LogP contribution is 2.24. The van der Waals surface area contributed by atoms with E-state index in [0.717, 1.165) is 6.20 Å². The van der Waals surface area contributed by atoms with Crippen LogP contribution in [0.2, 0.25) is 0 Å². The molecular formula is C11H10FN3O2. The summed E-state index contributed by atoms with van der Waals surface area (Å²) in [6.45, 7) is 0. The Morgan fingerprint density at radius 3 is 2.47 bits per heavy atom. The lowest BCUT2D eigenvalue weighted by molar-refractivity contribution is 0.407. The van der Waals surface area contributed by atoms with Crippen molar-refractivity contribution in [3.05, 3.63) is 36.3 Å². The molecule has 0 amide bonds. The number of nitrogen functional groups attached to an aromatic ring is 1. The molecule has 2 aromatic rings. The van der Waals surface area contributed by atoms with Gasteiger partial charge in [-0.2, -0.15) is 9.37 Å². The van der Waals surface area contributed by atoms with Crippen molar-refractivity contribution in [3.63, 3.8) is 0 Å². The zero-order chi connectivity index (χ0) is 12.3. The molecule has 0 spiro atoms. The number of ether oxygens (including phenoxy) is 2. The van der Waals surface area contributed by atoms with Crippen LogP contribution in [0.25, 0.3) is 0 Å². The third kappa shape index (κ3) is 2.60. The number of rotatable bonds is 3. The van der Waals surface area contributed by atoms with Crippen molar-refractivity contribution in [2.24, 2.45) is 0 Å². The summed E-state index contributed by atoms with van der Waals surface area (Å²) in [4.78, 5) is 7.15. The second kappa shape index (κ2) is 4.65. The fraction of sp³-hybridized carbons (Fsp3) is 0.0909. The van der Waals surface area contributed by atoms with E-state index < -0.39 is 5.82 Å². The molecule has 0 fully saturated rings. The molecule has 2 N–H and O–H groups in total. The Bertz CT molecular complexity index is 517. The third-order valence-corrected chi connectivity index (χ3v) is 2.00. The quantitative estimate of drug-likeness (QED) is 0.881. The summed E-state index contributed by atoms with van der Waals surface area (Å²) in [6, 6.07) is 6.66. The van der Waals surface area contributed by atoms with E-state index in [0.29, 0.717) is 11.5 Å². The first kappa shape index (κ1) is 11.1. The van der Waals surface area contributed by atoms with Gasteiger partial charge in [0.05, 0.1) is 13.3 Å². The minimum atomic E-state index is -0.671. The molecule has 0 radical (unpaired) electrons. The molecule has 0 aliphatic rings. The molecule has 1 aromatic carbocycles. The zero-order valence-electron chi connectivity index (χ0n) is 9.05. The Morgan fingerprint density at radius 1 is 1.18 bits per heavy atom. The van der Waals surface area contributed by atoms with Crippen molar-refractivity contribution in [1.82, 2.24) is 9.97 Å². The third-order valence-electron chi connectivity index (χ3n) is 2.00. The topological polar surface area (TPSA) is 70.3 Å². The number of benzene rings is 1. The molecule has 1 heterocycles. The van der Waals surface area contributed by atoms with Crippen molar-refractivity contribution in [1.29, 1.82) is 0 Å². The Kier molecular flexibility index (Phi) is 3.04.